The fourth-order valence-electron chi connectivity index (χ4n) is 6.19. The quantitative estimate of drug-likeness (QED) is 0.255. The van der Waals surface area contributed by atoms with Crippen LogP contribution in [-0.2, 0) is 33.0 Å². The third kappa shape index (κ3) is 7.88. The SMILES string of the molecule is CC[C@]1(N)C[C@@H](c2ncc(N3CCOCC3)cc2Cc2cc(C(F)(F)F)cc(C(F)(F)F)c2)c2nc(OC)ccc2N1C(=O)OCCC(=O)O. The monoisotopic (exact) mass is 711 g/mol. The minimum absolute atomic E-state index is 0.0437. The lowest BCUT2D eigenvalue weighted by molar-refractivity contribution is -0.143. The highest BCUT2D eigenvalue weighted by Crippen LogP contribution is 2.47. The number of morpholine rings is 1. The highest BCUT2D eigenvalue weighted by atomic mass is 19.4. The normalized spacial score (nSPS) is 19.6. The molecule has 3 N–H and O–H groups in total. The van der Waals surface area contributed by atoms with Crippen molar-refractivity contribution in [3.05, 3.63) is 76.2 Å². The number of carboxylic acid groups (broad SMARTS) is 1. The lowest BCUT2D eigenvalue weighted by Gasteiger charge is -2.46. The van der Waals surface area contributed by atoms with Crippen molar-refractivity contribution in [1.29, 1.82) is 0 Å². The number of benzene rings is 1. The number of carbonyl (C=O) groups excluding carboxylic acids is 1. The van der Waals surface area contributed by atoms with Crippen LogP contribution in [0.4, 0.5) is 42.5 Å². The van der Waals surface area contributed by atoms with Crippen molar-refractivity contribution >= 4 is 23.4 Å². The highest BCUT2D eigenvalue weighted by molar-refractivity contribution is 5.91. The molecule has 4 heterocycles. The van der Waals surface area contributed by atoms with Gasteiger partial charge in [-0.2, -0.15) is 26.3 Å². The van der Waals surface area contributed by atoms with Crippen molar-refractivity contribution < 1.29 is 55.2 Å². The van der Waals surface area contributed by atoms with Crippen LogP contribution >= 0.6 is 0 Å². The van der Waals surface area contributed by atoms with Gasteiger partial charge in [-0.3, -0.25) is 14.7 Å². The Morgan fingerprint density at radius 1 is 1.04 bits per heavy atom. The zero-order valence-electron chi connectivity index (χ0n) is 27.1. The maximum absolute atomic E-state index is 13.8. The predicted octanol–water partition coefficient (Wildman–Crippen LogP) is 5.97. The molecule has 0 unspecified atom stereocenters. The number of carboxylic acids is 1. The Kier molecular flexibility index (Phi) is 10.5. The summed E-state index contributed by atoms with van der Waals surface area (Å²) < 4.78 is 99.0. The summed E-state index contributed by atoms with van der Waals surface area (Å²) in [4.78, 5) is 36.9. The van der Waals surface area contributed by atoms with Crippen molar-refractivity contribution in [2.45, 2.75) is 56.5 Å². The number of nitrogens with zero attached hydrogens (tertiary/aromatic N) is 4. The van der Waals surface area contributed by atoms with E-state index in [9.17, 15) is 35.9 Å². The summed E-state index contributed by atoms with van der Waals surface area (Å²) in [5.74, 6) is -1.86. The van der Waals surface area contributed by atoms with E-state index >= 15 is 0 Å². The molecule has 0 spiro atoms. The molecule has 270 valence electrons. The number of rotatable bonds is 9. The van der Waals surface area contributed by atoms with Crippen molar-refractivity contribution in [3.63, 3.8) is 0 Å². The molecular weight excluding hydrogens is 676 g/mol. The van der Waals surface area contributed by atoms with Gasteiger partial charge in [0.25, 0.3) is 0 Å². The Labute approximate surface area is 282 Å². The molecule has 1 saturated heterocycles. The number of ether oxygens (including phenoxy) is 3. The van der Waals surface area contributed by atoms with Crippen molar-refractivity contribution in [2.24, 2.45) is 5.73 Å². The maximum Gasteiger partial charge on any atom is 0.416 e. The minimum Gasteiger partial charge on any atom is -0.481 e. The van der Waals surface area contributed by atoms with Gasteiger partial charge in [0.15, 0.2) is 0 Å². The average Bonchev–Trinajstić information content (AvgIpc) is 3.07. The van der Waals surface area contributed by atoms with Gasteiger partial charge >= 0.3 is 24.4 Å². The molecule has 0 radical (unpaired) electrons. The van der Waals surface area contributed by atoms with E-state index in [0.717, 1.165) is 0 Å². The van der Waals surface area contributed by atoms with E-state index in [-0.39, 0.29) is 53.8 Å². The lowest BCUT2D eigenvalue weighted by Crippen LogP contribution is -2.61. The number of pyridine rings is 2. The molecule has 0 saturated carbocycles. The van der Waals surface area contributed by atoms with Gasteiger partial charge in [-0.15, -0.1) is 0 Å². The van der Waals surface area contributed by atoms with Gasteiger partial charge in [0.05, 0.1) is 66.8 Å². The number of amides is 1. The first-order chi connectivity index (χ1) is 23.5. The zero-order chi connectivity index (χ0) is 36.4. The standard InChI is InChI=1S/C33H35F6N5O6/c1-3-31(40)17-24(29-25(4-5-26(42-29)48-2)44(31)30(47)50-9-6-27(45)46)28-20(15-23(18-41-28)43-7-10-49-11-8-43)12-19-13-21(32(34,35)36)16-22(14-19)33(37,38)39/h4-5,13-16,18,24H,3,6-12,17,40H2,1-2H3,(H,45,46)/t24-,31+/m0/s1. The van der Waals surface area contributed by atoms with Crippen molar-refractivity contribution in [2.75, 3.05) is 49.8 Å². The Balaban J connectivity index is 1.67. The number of anilines is 2. The average molecular weight is 712 g/mol. The minimum atomic E-state index is -5.04. The van der Waals surface area contributed by atoms with Gasteiger partial charge in [-0.25, -0.2) is 9.78 Å². The van der Waals surface area contributed by atoms with E-state index in [4.69, 9.17) is 30.0 Å². The van der Waals surface area contributed by atoms with Crippen LogP contribution in [0.1, 0.15) is 65.7 Å². The number of aromatic nitrogens is 2. The Morgan fingerprint density at radius 3 is 2.28 bits per heavy atom. The predicted molar refractivity (Wildman–Crippen MR) is 167 cm³/mol. The molecule has 5 rings (SSSR count). The number of carbonyl (C=O) groups is 2. The molecule has 2 aliphatic heterocycles. The summed E-state index contributed by atoms with van der Waals surface area (Å²) in [6.07, 6.45) is -10.2. The number of hydrogen-bond acceptors (Lipinski definition) is 9. The summed E-state index contributed by atoms with van der Waals surface area (Å²) in [7, 11) is 1.37. The smallest absolute Gasteiger partial charge is 0.416 e. The molecule has 1 fully saturated rings. The largest absolute Gasteiger partial charge is 0.481 e. The molecule has 0 aliphatic carbocycles. The van der Waals surface area contributed by atoms with E-state index in [1.165, 1.54) is 24.1 Å². The Bertz CT molecular complexity index is 1700. The first-order valence-corrected chi connectivity index (χ1v) is 15.7. The van der Waals surface area contributed by atoms with Gasteiger partial charge in [-0.1, -0.05) is 6.92 Å². The number of halogens is 6. The van der Waals surface area contributed by atoms with Gasteiger partial charge in [-0.05, 0) is 60.7 Å². The molecule has 2 aromatic heterocycles. The first-order valence-electron chi connectivity index (χ1n) is 15.7. The maximum atomic E-state index is 13.8. The molecule has 1 amide bonds. The van der Waals surface area contributed by atoms with Gasteiger partial charge in [0, 0.05) is 25.1 Å². The third-order valence-corrected chi connectivity index (χ3v) is 8.73. The number of alkyl halides is 6. The molecule has 3 aromatic rings. The molecule has 17 heteroatoms. The summed E-state index contributed by atoms with van der Waals surface area (Å²) in [6.45, 7) is 3.06. The van der Waals surface area contributed by atoms with Crippen LogP contribution in [0.5, 0.6) is 5.88 Å². The fraction of sp³-hybridized carbons (Fsp3) is 0.455. The van der Waals surface area contributed by atoms with Gasteiger partial charge in [0.2, 0.25) is 5.88 Å². The number of methoxy groups -OCH3 is 1. The molecule has 1 aromatic carbocycles. The lowest BCUT2D eigenvalue weighted by atomic mass is 9.80. The van der Waals surface area contributed by atoms with Crippen LogP contribution in [0.15, 0.2) is 42.6 Å². The molecule has 2 aliphatic rings. The second kappa shape index (κ2) is 14.3. The highest BCUT2D eigenvalue weighted by Gasteiger charge is 2.47. The second-order valence-electron chi connectivity index (χ2n) is 12.0. The Morgan fingerprint density at radius 2 is 1.70 bits per heavy atom. The molecule has 50 heavy (non-hydrogen) atoms. The van der Waals surface area contributed by atoms with E-state index in [2.05, 4.69) is 4.98 Å². The van der Waals surface area contributed by atoms with Gasteiger partial charge in [0.1, 0.15) is 12.3 Å². The van der Waals surface area contributed by atoms with E-state index in [1.54, 1.807) is 19.2 Å². The number of aliphatic carboxylic acids is 1. The molecular formula is C33H35F6N5O6. The van der Waals surface area contributed by atoms with Gasteiger partial charge < -0.3 is 30.0 Å². The molecule has 2 atom stereocenters. The molecule has 11 nitrogen and oxygen atoms in total. The van der Waals surface area contributed by atoms with Crippen LogP contribution in [0.3, 0.4) is 0 Å². The van der Waals surface area contributed by atoms with E-state index in [0.29, 0.717) is 49.7 Å². The number of nitrogens with two attached hydrogens (primary N) is 1. The molecule has 0 bridgehead atoms. The summed E-state index contributed by atoms with van der Waals surface area (Å²) >= 11 is 0. The van der Waals surface area contributed by atoms with Crippen LogP contribution in [0.25, 0.3) is 0 Å². The van der Waals surface area contributed by atoms with Crippen molar-refractivity contribution in [3.8, 4) is 5.88 Å². The Hall–Kier alpha value is -4.64. The van der Waals surface area contributed by atoms with Crippen LogP contribution < -0.4 is 20.3 Å². The summed E-state index contributed by atoms with van der Waals surface area (Å²) in [5, 5.41) is 9.02. The fourth-order valence-corrected chi connectivity index (χ4v) is 6.19. The third-order valence-electron chi connectivity index (χ3n) is 8.73. The summed E-state index contributed by atoms with van der Waals surface area (Å²) in [6, 6.07) is 6.13. The van der Waals surface area contributed by atoms with Crippen LogP contribution in [-0.4, -0.2) is 72.8 Å². The number of fused-ring (bicyclic) bond motifs is 1. The number of hydrogen-bond donors (Lipinski definition) is 2. The van der Waals surface area contributed by atoms with Crippen LogP contribution in [0.2, 0.25) is 0 Å². The van der Waals surface area contributed by atoms with E-state index in [1.807, 2.05) is 4.90 Å². The second-order valence-corrected chi connectivity index (χ2v) is 12.0. The summed E-state index contributed by atoms with van der Waals surface area (Å²) in [5.41, 5.74) is 3.89. The zero-order valence-corrected chi connectivity index (χ0v) is 27.1. The first kappa shape index (κ1) is 36.6. The van der Waals surface area contributed by atoms with Crippen LogP contribution in [0, 0.1) is 0 Å². The van der Waals surface area contributed by atoms with Crippen molar-refractivity contribution in [1.82, 2.24) is 9.97 Å². The topological polar surface area (TPSA) is 140 Å². The van der Waals surface area contributed by atoms with E-state index < -0.39 is 60.2 Å².